The van der Waals surface area contributed by atoms with Crippen LogP contribution in [0, 0.1) is 0 Å². The Morgan fingerprint density at radius 3 is 2.09 bits per heavy atom. The number of hydrogen-bond donors (Lipinski definition) is 1. The quantitative estimate of drug-likeness (QED) is 0.148. The van der Waals surface area contributed by atoms with Crippen LogP contribution >= 0.6 is 0 Å². The van der Waals surface area contributed by atoms with Gasteiger partial charge in [-0.1, -0.05) is 5.11 Å². The van der Waals surface area contributed by atoms with Crippen molar-refractivity contribution in [2.45, 2.75) is 83.3 Å². The van der Waals surface area contributed by atoms with Gasteiger partial charge in [0.25, 0.3) is 0 Å². The van der Waals surface area contributed by atoms with Crippen LogP contribution in [0.15, 0.2) is 5.11 Å². The molecule has 2 aliphatic rings. The lowest BCUT2D eigenvalue weighted by atomic mass is 10.0. The minimum atomic E-state index is -1.59. The maximum atomic E-state index is 11.6. The van der Waals surface area contributed by atoms with Crippen LogP contribution in [0.4, 0.5) is 0 Å². The molecule has 2 rings (SSSR count). The first kappa shape index (κ1) is 27.3. The van der Waals surface area contributed by atoms with Crippen LogP contribution in [-0.4, -0.2) is 91.3 Å². The fourth-order valence-corrected chi connectivity index (χ4v) is 3.61. The Morgan fingerprint density at radius 1 is 0.912 bits per heavy atom. The van der Waals surface area contributed by atoms with Crippen molar-refractivity contribution in [1.82, 2.24) is 0 Å². The van der Waals surface area contributed by atoms with Crippen molar-refractivity contribution in [3.63, 3.8) is 0 Å². The van der Waals surface area contributed by atoms with Crippen molar-refractivity contribution < 1.29 is 57.4 Å². The molecule has 1 N–H and O–H groups in total. The molecule has 34 heavy (non-hydrogen) atoms. The lowest BCUT2D eigenvalue weighted by Crippen LogP contribution is -2.55. The predicted molar refractivity (Wildman–Crippen MR) is 106 cm³/mol. The molecule has 190 valence electrons. The van der Waals surface area contributed by atoms with Crippen LogP contribution in [0.2, 0.25) is 0 Å². The molecule has 0 aromatic carbocycles. The number of nitrogens with zero attached hydrogens (tertiary/aromatic N) is 3. The second-order valence-corrected chi connectivity index (χ2v) is 7.52. The van der Waals surface area contributed by atoms with Crippen molar-refractivity contribution in [2.75, 3.05) is 13.2 Å². The van der Waals surface area contributed by atoms with Gasteiger partial charge in [-0.05, 0) is 5.53 Å². The Labute approximate surface area is 194 Å². The molecule has 0 saturated carbocycles. The van der Waals surface area contributed by atoms with Gasteiger partial charge in [0.2, 0.25) is 0 Å². The first-order chi connectivity index (χ1) is 16.0. The summed E-state index contributed by atoms with van der Waals surface area (Å²) in [6.45, 7) is 3.99. The zero-order valence-corrected chi connectivity index (χ0v) is 19.0. The summed E-state index contributed by atoms with van der Waals surface area (Å²) < 4.78 is 37.6. The lowest BCUT2D eigenvalue weighted by Gasteiger charge is -2.41. The molecule has 0 aliphatic carbocycles. The molecular weight excluding hydrogens is 462 g/mol. The first-order valence-corrected chi connectivity index (χ1v) is 10.3. The molecule has 0 amide bonds. The largest absolute Gasteiger partial charge is 0.463 e. The van der Waals surface area contributed by atoms with E-state index in [-0.39, 0.29) is 19.6 Å². The van der Waals surface area contributed by atoms with Gasteiger partial charge in [0.1, 0.15) is 31.0 Å². The second-order valence-electron chi connectivity index (χ2n) is 7.52. The van der Waals surface area contributed by atoms with E-state index < -0.39 is 73.1 Å². The highest BCUT2D eigenvalue weighted by atomic mass is 16.7. The Balaban J connectivity index is 2.29. The number of ether oxygens (including phenoxy) is 7. The summed E-state index contributed by atoms with van der Waals surface area (Å²) in [6.07, 6.45) is -9.59. The number of carbonyl (C=O) groups is 4. The molecule has 0 aromatic rings. The van der Waals surface area contributed by atoms with E-state index in [2.05, 4.69) is 10.0 Å². The fourth-order valence-electron chi connectivity index (χ4n) is 3.61. The smallest absolute Gasteiger partial charge is 0.303 e. The number of aliphatic hydroxyl groups excluding tert-OH is 1. The SMILES string of the molecule is CC(=O)OC[C@H]1OC(O)[C@H](OC(C)=O)[C@@H]1OC1C[C@@H](OC(C)=O)[C@H](OC(C)=O)[C@H](CN=[N+]=[N-])O1. The van der Waals surface area contributed by atoms with Gasteiger partial charge >= 0.3 is 23.9 Å². The molecule has 15 heteroatoms. The number of aliphatic hydroxyl groups is 1. The first-order valence-electron chi connectivity index (χ1n) is 10.3. The number of rotatable bonds is 9. The Kier molecular flexibility index (Phi) is 10.0. The summed E-state index contributed by atoms with van der Waals surface area (Å²) >= 11 is 0. The van der Waals surface area contributed by atoms with E-state index in [0.717, 1.165) is 20.8 Å². The van der Waals surface area contributed by atoms with E-state index in [9.17, 15) is 24.3 Å². The Bertz CT molecular complexity index is 802. The zero-order valence-electron chi connectivity index (χ0n) is 19.0. The lowest BCUT2D eigenvalue weighted by molar-refractivity contribution is -0.278. The summed E-state index contributed by atoms with van der Waals surface area (Å²) in [5.74, 6) is -2.70. The van der Waals surface area contributed by atoms with E-state index in [1.165, 1.54) is 6.92 Å². The minimum Gasteiger partial charge on any atom is -0.463 e. The van der Waals surface area contributed by atoms with Gasteiger partial charge < -0.3 is 38.3 Å². The van der Waals surface area contributed by atoms with Crippen LogP contribution in [0.3, 0.4) is 0 Å². The van der Waals surface area contributed by atoms with Crippen LogP contribution < -0.4 is 0 Å². The van der Waals surface area contributed by atoms with Gasteiger partial charge in [0, 0.05) is 39.0 Å². The predicted octanol–water partition coefficient (Wildman–Crippen LogP) is -0.128. The van der Waals surface area contributed by atoms with Gasteiger partial charge in [-0.3, -0.25) is 19.2 Å². The summed E-state index contributed by atoms with van der Waals surface area (Å²) in [7, 11) is 0. The molecule has 0 aromatic heterocycles. The normalized spacial score (nSPS) is 32.7. The fraction of sp³-hybridized carbons (Fsp3) is 0.789. The Morgan fingerprint density at radius 2 is 1.53 bits per heavy atom. The number of esters is 4. The number of azide groups is 1. The molecule has 0 radical (unpaired) electrons. The second kappa shape index (κ2) is 12.5. The van der Waals surface area contributed by atoms with Crippen molar-refractivity contribution >= 4 is 23.9 Å². The third-order valence-corrected chi connectivity index (χ3v) is 4.78. The highest BCUT2D eigenvalue weighted by Gasteiger charge is 2.51. The average molecular weight is 489 g/mol. The molecule has 2 saturated heterocycles. The van der Waals surface area contributed by atoms with Crippen LogP contribution in [0.25, 0.3) is 10.4 Å². The molecule has 2 unspecified atom stereocenters. The van der Waals surface area contributed by atoms with E-state index >= 15 is 0 Å². The molecule has 8 atom stereocenters. The molecular formula is C19H27N3O12. The van der Waals surface area contributed by atoms with E-state index in [4.69, 9.17) is 38.7 Å². The summed E-state index contributed by atoms with van der Waals surface area (Å²) in [4.78, 5) is 48.7. The standard InChI is InChI=1S/C19H27N3O12/c1-8(23)28-7-14-17(18(19(27)33-14)31-11(4)26)34-15-5-12(29-9(2)24)16(30-10(3)25)13(32-15)6-21-22-20/h12-19,27H,5-7H2,1-4H3/t12-,13+,14-,15?,16+,17-,18-,19?/m1/s1. The molecule has 0 spiro atoms. The van der Waals surface area contributed by atoms with Crippen molar-refractivity contribution in [1.29, 1.82) is 0 Å². The zero-order chi connectivity index (χ0) is 25.4. The van der Waals surface area contributed by atoms with E-state index in [0.29, 0.717) is 0 Å². The van der Waals surface area contributed by atoms with Crippen LogP contribution in [0.1, 0.15) is 34.1 Å². The van der Waals surface area contributed by atoms with Gasteiger partial charge in [-0.15, -0.1) is 0 Å². The van der Waals surface area contributed by atoms with Gasteiger partial charge in [0.05, 0.1) is 6.54 Å². The molecule has 0 bridgehead atoms. The molecule has 15 nitrogen and oxygen atoms in total. The van der Waals surface area contributed by atoms with Crippen molar-refractivity contribution in [2.24, 2.45) is 5.11 Å². The average Bonchev–Trinajstić information content (AvgIpc) is 3.00. The van der Waals surface area contributed by atoms with Crippen LogP contribution in [-0.2, 0) is 52.3 Å². The molecule has 2 fully saturated rings. The highest BCUT2D eigenvalue weighted by molar-refractivity contribution is 5.67. The topological polar surface area (TPSA) is 202 Å². The maximum absolute atomic E-state index is 11.6. The summed E-state index contributed by atoms with van der Waals surface area (Å²) in [5.41, 5.74) is 8.70. The summed E-state index contributed by atoms with van der Waals surface area (Å²) in [6, 6.07) is 0. The van der Waals surface area contributed by atoms with Gasteiger partial charge in [0.15, 0.2) is 24.8 Å². The highest BCUT2D eigenvalue weighted by Crippen LogP contribution is 2.32. The minimum absolute atomic E-state index is 0.135. The van der Waals surface area contributed by atoms with Crippen LogP contribution in [0.5, 0.6) is 0 Å². The monoisotopic (exact) mass is 489 g/mol. The third-order valence-electron chi connectivity index (χ3n) is 4.78. The van der Waals surface area contributed by atoms with Gasteiger partial charge in [-0.2, -0.15) is 0 Å². The maximum Gasteiger partial charge on any atom is 0.303 e. The van der Waals surface area contributed by atoms with Crippen molar-refractivity contribution in [3.8, 4) is 0 Å². The molecule has 2 heterocycles. The third kappa shape index (κ3) is 7.81. The van der Waals surface area contributed by atoms with E-state index in [1.54, 1.807) is 0 Å². The summed E-state index contributed by atoms with van der Waals surface area (Å²) in [5, 5.41) is 13.7. The van der Waals surface area contributed by atoms with Crippen molar-refractivity contribution in [3.05, 3.63) is 10.4 Å². The number of hydrogen-bond acceptors (Lipinski definition) is 13. The Hall–Kier alpha value is -2.97. The number of carbonyl (C=O) groups excluding carboxylic acids is 4. The molecule has 2 aliphatic heterocycles. The van der Waals surface area contributed by atoms with Gasteiger partial charge in [-0.25, -0.2) is 0 Å². The van der Waals surface area contributed by atoms with E-state index in [1.807, 2.05) is 0 Å².